The summed E-state index contributed by atoms with van der Waals surface area (Å²) in [6, 6.07) is 7.67. The van der Waals surface area contributed by atoms with Crippen LogP contribution in [0.25, 0.3) is 0 Å². The molecule has 110 valence electrons. The van der Waals surface area contributed by atoms with Gasteiger partial charge in [-0.1, -0.05) is 0 Å². The number of carbonyl (C=O) groups is 1. The van der Waals surface area contributed by atoms with Gasteiger partial charge in [0, 0.05) is 31.2 Å². The Morgan fingerprint density at radius 1 is 1.38 bits per heavy atom. The van der Waals surface area contributed by atoms with E-state index in [1.807, 2.05) is 24.3 Å². The Labute approximate surface area is 124 Å². The number of aromatic nitrogens is 1. The van der Waals surface area contributed by atoms with Gasteiger partial charge in [-0.15, -0.1) is 0 Å². The van der Waals surface area contributed by atoms with E-state index in [0.717, 1.165) is 37.4 Å². The summed E-state index contributed by atoms with van der Waals surface area (Å²) in [4.78, 5) is 18.6. The molecule has 21 heavy (non-hydrogen) atoms. The Balaban J connectivity index is 1.56. The van der Waals surface area contributed by atoms with Crippen LogP contribution in [0.1, 0.15) is 18.6 Å². The van der Waals surface area contributed by atoms with Crippen molar-refractivity contribution in [1.82, 2.24) is 10.3 Å². The van der Waals surface area contributed by atoms with Gasteiger partial charge in [0.2, 0.25) is 5.91 Å². The normalized spacial score (nSPS) is 18.5. The Kier molecular flexibility index (Phi) is 4.19. The van der Waals surface area contributed by atoms with Gasteiger partial charge in [-0.05, 0) is 37.1 Å². The third-order valence-corrected chi connectivity index (χ3v) is 3.84. The standard InChI is InChI=1S/C16H19N3O2/c20-16(18-11-15-4-2-10-21-15)13-3-1-9-19(12-13)14-5-7-17-8-6-14/h2,4-8,10,13H,1,3,9,11-12H2,(H,18,20). The van der Waals surface area contributed by atoms with Crippen LogP contribution in [-0.4, -0.2) is 24.0 Å². The summed E-state index contributed by atoms with van der Waals surface area (Å²) in [5.41, 5.74) is 1.13. The molecular formula is C16H19N3O2. The van der Waals surface area contributed by atoms with Gasteiger partial charge in [-0.2, -0.15) is 0 Å². The minimum absolute atomic E-state index is 0.0295. The predicted octanol–water partition coefficient (Wildman–Crippen LogP) is 2.21. The minimum atomic E-state index is 0.0295. The number of furan rings is 1. The number of hydrogen-bond donors (Lipinski definition) is 1. The maximum absolute atomic E-state index is 12.3. The monoisotopic (exact) mass is 285 g/mol. The van der Waals surface area contributed by atoms with Crippen molar-refractivity contribution in [2.24, 2.45) is 5.92 Å². The molecule has 1 saturated heterocycles. The quantitative estimate of drug-likeness (QED) is 0.935. The number of piperidine rings is 1. The topological polar surface area (TPSA) is 58.4 Å². The van der Waals surface area contributed by atoms with E-state index in [2.05, 4.69) is 15.2 Å². The lowest BCUT2D eigenvalue weighted by Crippen LogP contribution is -2.42. The molecular weight excluding hydrogens is 266 g/mol. The molecule has 0 saturated carbocycles. The fraction of sp³-hybridized carbons (Fsp3) is 0.375. The van der Waals surface area contributed by atoms with Gasteiger partial charge in [0.25, 0.3) is 0 Å². The van der Waals surface area contributed by atoms with Crippen molar-refractivity contribution in [3.8, 4) is 0 Å². The van der Waals surface area contributed by atoms with Gasteiger partial charge < -0.3 is 14.6 Å². The Bertz CT molecular complexity index is 568. The summed E-state index contributed by atoms with van der Waals surface area (Å²) in [6.07, 6.45) is 7.16. The fourth-order valence-electron chi connectivity index (χ4n) is 2.71. The van der Waals surface area contributed by atoms with Crippen molar-refractivity contribution in [2.75, 3.05) is 18.0 Å². The first-order chi connectivity index (χ1) is 10.3. The highest BCUT2D eigenvalue weighted by Crippen LogP contribution is 2.22. The molecule has 0 bridgehead atoms. The number of hydrogen-bond acceptors (Lipinski definition) is 4. The summed E-state index contributed by atoms with van der Waals surface area (Å²) >= 11 is 0. The van der Waals surface area contributed by atoms with Crippen LogP contribution >= 0.6 is 0 Å². The maximum atomic E-state index is 12.3. The average molecular weight is 285 g/mol. The molecule has 0 spiro atoms. The molecule has 1 unspecified atom stereocenters. The molecule has 1 aliphatic rings. The number of pyridine rings is 1. The second-order valence-electron chi connectivity index (χ2n) is 5.29. The molecule has 5 heteroatoms. The highest BCUT2D eigenvalue weighted by atomic mass is 16.3. The summed E-state index contributed by atoms with van der Waals surface area (Å²) in [6.45, 7) is 2.21. The first kappa shape index (κ1) is 13.7. The number of rotatable bonds is 4. The molecule has 1 amide bonds. The summed E-state index contributed by atoms with van der Waals surface area (Å²) in [5, 5.41) is 2.96. The number of carbonyl (C=O) groups excluding carboxylic acids is 1. The third-order valence-electron chi connectivity index (χ3n) is 3.84. The van der Waals surface area contributed by atoms with Crippen LogP contribution in [0, 0.1) is 5.92 Å². The SMILES string of the molecule is O=C(NCc1ccco1)C1CCCN(c2ccncc2)C1. The average Bonchev–Trinajstić information content (AvgIpc) is 3.07. The van der Waals surface area contributed by atoms with E-state index in [1.54, 1.807) is 18.7 Å². The van der Waals surface area contributed by atoms with Crippen molar-refractivity contribution in [3.05, 3.63) is 48.7 Å². The van der Waals surface area contributed by atoms with E-state index in [0.29, 0.717) is 6.54 Å². The number of nitrogens with one attached hydrogen (secondary N) is 1. The minimum Gasteiger partial charge on any atom is -0.467 e. The third kappa shape index (κ3) is 3.42. The maximum Gasteiger partial charge on any atom is 0.225 e. The molecule has 1 fully saturated rings. The van der Waals surface area contributed by atoms with Gasteiger partial charge in [0.05, 0.1) is 18.7 Å². The van der Waals surface area contributed by atoms with Crippen LogP contribution in [0.15, 0.2) is 47.3 Å². The molecule has 2 aromatic rings. The van der Waals surface area contributed by atoms with Crippen molar-refractivity contribution in [2.45, 2.75) is 19.4 Å². The van der Waals surface area contributed by atoms with E-state index >= 15 is 0 Å². The lowest BCUT2D eigenvalue weighted by Gasteiger charge is -2.33. The van der Waals surface area contributed by atoms with Crippen molar-refractivity contribution >= 4 is 11.6 Å². The molecule has 1 aliphatic heterocycles. The van der Waals surface area contributed by atoms with Crippen LogP contribution in [0.3, 0.4) is 0 Å². The lowest BCUT2D eigenvalue weighted by atomic mass is 9.96. The fourth-order valence-corrected chi connectivity index (χ4v) is 2.71. The molecule has 1 atom stereocenters. The summed E-state index contributed by atoms with van der Waals surface area (Å²) < 4.78 is 5.23. The van der Waals surface area contributed by atoms with Gasteiger partial charge >= 0.3 is 0 Å². The van der Waals surface area contributed by atoms with E-state index < -0.39 is 0 Å². The molecule has 3 rings (SSSR count). The molecule has 0 aromatic carbocycles. The number of anilines is 1. The van der Waals surface area contributed by atoms with Crippen LogP contribution in [-0.2, 0) is 11.3 Å². The number of amides is 1. The molecule has 0 radical (unpaired) electrons. The van der Waals surface area contributed by atoms with Crippen molar-refractivity contribution in [3.63, 3.8) is 0 Å². The highest BCUT2D eigenvalue weighted by molar-refractivity contribution is 5.79. The smallest absolute Gasteiger partial charge is 0.225 e. The van der Waals surface area contributed by atoms with Crippen LogP contribution in [0.4, 0.5) is 5.69 Å². The zero-order valence-corrected chi connectivity index (χ0v) is 11.9. The number of nitrogens with zero attached hydrogens (tertiary/aromatic N) is 2. The van der Waals surface area contributed by atoms with Gasteiger partial charge in [-0.3, -0.25) is 9.78 Å². The molecule has 3 heterocycles. The first-order valence-corrected chi connectivity index (χ1v) is 7.28. The van der Waals surface area contributed by atoms with Gasteiger partial charge in [0.1, 0.15) is 5.76 Å². The van der Waals surface area contributed by atoms with E-state index in [4.69, 9.17) is 4.42 Å². The second kappa shape index (κ2) is 6.43. The van der Waals surface area contributed by atoms with Crippen LogP contribution in [0.5, 0.6) is 0 Å². The van der Waals surface area contributed by atoms with Crippen LogP contribution in [0.2, 0.25) is 0 Å². The second-order valence-corrected chi connectivity index (χ2v) is 5.29. The van der Waals surface area contributed by atoms with E-state index in [-0.39, 0.29) is 11.8 Å². The lowest BCUT2D eigenvalue weighted by molar-refractivity contribution is -0.125. The molecule has 2 aromatic heterocycles. The van der Waals surface area contributed by atoms with E-state index in [1.165, 1.54) is 0 Å². The Morgan fingerprint density at radius 2 is 2.24 bits per heavy atom. The van der Waals surface area contributed by atoms with Crippen LogP contribution < -0.4 is 10.2 Å². The highest BCUT2D eigenvalue weighted by Gasteiger charge is 2.25. The predicted molar refractivity (Wildman–Crippen MR) is 79.7 cm³/mol. The van der Waals surface area contributed by atoms with Gasteiger partial charge in [-0.25, -0.2) is 0 Å². The largest absolute Gasteiger partial charge is 0.467 e. The zero-order valence-electron chi connectivity index (χ0n) is 11.9. The zero-order chi connectivity index (χ0) is 14.5. The molecule has 0 aliphatic carbocycles. The summed E-state index contributed by atoms with van der Waals surface area (Å²) in [7, 11) is 0. The Morgan fingerprint density at radius 3 is 3.00 bits per heavy atom. The molecule has 5 nitrogen and oxygen atoms in total. The Hall–Kier alpha value is -2.30. The first-order valence-electron chi connectivity index (χ1n) is 7.28. The van der Waals surface area contributed by atoms with Crippen molar-refractivity contribution < 1.29 is 9.21 Å². The van der Waals surface area contributed by atoms with E-state index in [9.17, 15) is 4.79 Å². The van der Waals surface area contributed by atoms with Gasteiger partial charge in [0.15, 0.2) is 0 Å². The molecule has 1 N–H and O–H groups in total. The van der Waals surface area contributed by atoms with Crippen molar-refractivity contribution in [1.29, 1.82) is 0 Å². The summed E-state index contributed by atoms with van der Waals surface area (Å²) in [5.74, 6) is 0.914.